The van der Waals surface area contributed by atoms with E-state index >= 15 is 0 Å². The van der Waals surface area contributed by atoms with Crippen molar-refractivity contribution in [2.75, 3.05) is 0 Å². The van der Waals surface area contributed by atoms with Gasteiger partial charge in [-0.1, -0.05) is 49.7 Å². The third-order valence-corrected chi connectivity index (χ3v) is 4.53. The molecule has 0 heterocycles. The van der Waals surface area contributed by atoms with Crippen molar-refractivity contribution in [1.82, 2.24) is 0 Å². The molecule has 0 bridgehead atoms. The Hall–Kier alpha value is -1.88. The number of aliphatic hydroxyl groups excluding tert-OH is 1. The van der Waals surface area contributed by atoms with Crippen molar-refractivity contribution in [1.29, 1.82) is 0 Å². The molecular formula is C22H30O4. The molecule has 2 aromatic carbocycles. The Morgan fingerprint density at radius 2 is 1.69 bits per heavy atom. The van der Waals surface area contributed by atoms with Crippen molar-refractivity contribution >= 4 is 0 Å². The Kier molecular flexibility index (Phi) is 7.21. The second-order valence-electron chi connectivity index (χ2n) is 7.58. The summed E-state index contributed by atoms with van der Waals surface area (Å²) in [6.07, 6.45) is 1.38. The molecule has 0 saturated heterocycles. The highest BCUT2D eigenvalue weighted by Gasteiger charge is 2.13. The first kappa shape index (κ1) is 20.4. The van der Waals surface area contributed by atoms with Crippen LogP contribution < -0.4 is 4.74 Å². The summed E-state index contributed by atoms with van der Waals surface area (Å²) in [5.41, 5.74) is 2.22. The van der Waals surface area contributed by atoms with Gasteiger partial charge in [-0.25, -0.2) is 0 Å². The van der Waals surface area contributed by atoms with Crippen LogP contribution in [-0.4, -0.2) is 20.9 Å². The Labute approximate surface area is 156 Å². The first-order valence-corrected chi connectivity index (χ1v) is 9.15. The van der Waals surface area contributed by atoms with Gasteiger partial charge in [0.2, 0.25) is 0 Å². The molecule has 26 heavy (non-hydrogen) atoms. The molecule has 2 aromatic rings. The number of aliphatic hydroxyl groups is 3. The molecule has 1 unspecified atom stereocenters. The van der Waals surface area contributed by atoms with Gasteiger partial charge in [0.1, 0.15) is 12.4 Å². The van der Waals surface area contributed by atoms with Crippen molar-refractivity contribution in [3.05, 3.63) is 65.2 Å². The number of benzene rings is 2. The summed E-state index contributed by atoms with van der Waals surface area (Å²) in [4.78, 5) is 0. The van der Waals surface area contributed by atoms with E-state index in [1.165, 1.54) is 5.56 Å². The minimum Gasteiger partial charge on any atom is -0.489 e. The predicted octanol–water partition coefficient (Wildman–Crippen LogP) is 4.29. The van der Waals surface area contributed by atoms with Crippen molar-refractivity contribution in [3.63, 3.8) is 0 Å². The van der Waals surface area contributed by atoms with Gasteiger partial charge in [0.05, 0.1) is 5.60 Å². The fraction of sp³-hybridized carbons (Fsp3) is 0.455. The Morgan fingerprint density at radius 3 is 2.31 bits per heavy atom. The molecule has 0 aliphatic heterocycles. The molecule has 3 N–H and O–H groups in total. The van der Waals surface area contributed by atoms with Gasteiger partial charge in [-0.2, -0.15) is 0 Å². The summed E-state index contributed by atoms with van der Waals surface area (Å²) in [5, 5.41) is 28.1. The highest BCUT2D eigenvalue weighted by molar-refractivity contribution is 5.29. The minimum atomic E-state index is -1.46. The lowest BCUT2D eigenvalue weighted by Gasteiger charge is -2.19. The van der Waals surface area contributed by atoms with Crippen LogP contribution in [-0.2, 0) is 6.61 Å². The molecule has 0 aliphatic rings. The SMILES string of the molecule is CC(CCCC(C)(C)O)c1cccc(COc2ccc(C(O)O)cc2)c1. The van der Waals surface area contributed by atoms with E-state index in [1.54, 1.807) is 24.3 Å². The third kappa shape index (κ3) is 6.79. The van der Waals surface area contributed by atoms with Gasteiger partial charge in [0.15, 0.2) is 6.29 Å². The topological polar surface area (TPSA) is 69.9 Å². The van der Waals surface area contributed by atoms with Gasteiger partial charge in [-0.3, -0.25) is 0 Å². The first-order valence-electron chi connectivity index (χ1n) is 9.15. The average Bonchev–Trinajstić information content (AvgIpc) is 2.59. The standard InChI is InChI=1S/C22H30O4/c1-16(6-5-13-22(2,3)25)19-8-4-7-17(14-19)15-26-20-11-9-18(10-12-20)21(23)24/h4,7-12,14,16,21,23-25H,5-6,13,15H2,1-3H3. The van der Waals surface area contributed by atoms with E-state index in [0.29, 0.717) is 23.8 Å². The zero-order valence-electron chi connectivity index (χ0n) is 15.9. The molecule has 1 atom stereocenters. The fourth-order valence-corrected chi connectivity index (χ4v) is 2.90. The van der Waals surface area contributed by atoms with Crippen molar-refractivity contribution in [2.45, 2.75) is 64.4 Å². The van der Waals surface area contributed by atoms with E-state index in [9.17, 15) is 5.11 Å². The van der Waals surface area contributed by atoms with Gasteiger partial charge in [0.25, 0.3) is 0 Å². The summed E-state index contributed by atoms with van der Waals surface area (Å²) < 4.78 is 5.79. The maximum absolute atomic E-state index is 9.83. The highest BCUT2D eigenvalue weighted by atomic mass is 16.5. The Bertz CT molecular complexity index is 671. The summed E-state index contributed by atoms with van der Waals surface area (Å²) in [6, 6.07) is 15.1. The second-order valence-corrected chi connectivity index (χ2v) is 7.58. The quantitative estimate of drug-likeness (QED) is 0.585. The lowest BCUT2D eigenvalue weighted by Crippen LogP contribution is -2.18. The molecule has 142 valence electrons. The van der Waals surface area contributed by atoms with Crippen LogP contribution in [0.3, 0.4) is 0 Å². The number of rotatable bonds is 9. The van der Waals surface area contributed by atoms with Crippen LogP contribution in [0.5, 0.6) is 5.75 Å². The number of ether oxygens (including phenoxy) is 1. The molecule has 2 rings (SSSR count). The van der Waals surface area contributed by atoms with Crippen molar-refractivity contribution in [3.8, 4) is 5.75 Å². The van der Waals surface area contributed by atoms with Crippen LogP contribution in [0.4, 0.5) is 0 Å². The Morgan fingerprint density at radius 1 is 1.00 bits per heavy atom. The van der Waals surface area contributed by atoms with Crippen LogP contribution in [0.2, 0.25) is 0 Å². The summed E-state index contributed by atoms with van der Waals surface area (Å²) in [7, 11) is 0. The molecule has 0 fully saturated rings. The molecule has 4 heteroatoms. The van der Waals surface area contributed by atoms with E-state index in [2.05, 4.69) is 19.1 Å². The largest absolute Gasteiger partial charge is 0.489 e. The first-order chi connectivity index (χ1) is 12.2. The van der Waals surface area contributed by atoms with Crippen LogP contribution >= 0.6 is 0 Å². The normalized spacial score (nSPS) is 13.0. The van der Waals surface area contributed by atoms with E-state index in [4.69, 9.17) is 14.9 Å². The molecule has 0 radical (unpaired) electrons. The van der Waals surface area contributed by atoms with E-state index in [1.807, 2.05) is 26.0 Å². The second kappa shape index (κ2) is 9.17. The van der Waals surface area contributed by atoms with Gasteiger partial charge in [0, 0.05) is 5.56 Å². The molecule has 0 saturated carbocycles. The zero-order chi connectivity index (χ0) is 19.2. The number of hydrogen-bond acceptors (Lipinski definition) is 4. The fourth-order valence-electron chi connectivity index (χ4n) is 2.90. The summed E-state index contributed by atoms with van der Waals surface area (Å²) in [5.74, 6) is 1.13. The maximum Gasteiger partial charge on any atom is 0.178 e. The summed E-state index contributed by atoms with van der Waals surface area (Å²) in [6.45, 7) is 6.38. The molecule has 0 aromatic heterocycles. The average molecular weight is 358 g/mol. The highest BCUT2D eigenvalue weighted by Crippen LogP contribution is 2.25. The molecular weight excluding hydrogens is 328 g/mol. The van der Waals surface area contributed by atoms with Gasteiger partial charge >= 0.3 is 0 Å². The molecule has 0 amide bonds. The van der Waals surface area contributed by atoms with E-state index < -0.39 is 11.9 Å². The number of hydrogen-bond donors (Lipinski definition) is 3. The third-order valence-electron chi connectivity index (χ3n) is 4.53. The van der Waals surface area contributed by atoms with Crippen molar-refractivity contribution in [2.24, 2.45) is 0 Å². The van der Waals surface area contributed by atoms with Crippen molar-refractivity contribution < 1.29 is 20.1 Å². The predicted molar refractivity (Wildman–Crippen MR) is 103 cm³/mol. The maximum atomic E-state index is 9.83. The van der Waals surface area contributed by atoms with E-state index in [0.717, 1.165) is 24.8 Å². The van der Waals surface area contributed by atoms with Gasteiger partial charge in [-0.15, -0.1) is 0 Å². The van der Waals surface area contributed by atoms with Crippen LogP contribution in [0.15, 0.2) is 48.5 Å². The van der Waals surface area contributed by atoms with Crippen LogP contribution in [0.25, 0.3) is 0 Å². The minimum absolute atomic E-state index is 0.433. The van der Waals surface area contributed by atoms with Gasteiger partial charge in [-0.05, 0) is 55.9 Å². The van der Waals surface area contributed by atoms with E-state index in [-0.39, 0.29) is 0 Å². The molecule has 0 aliphatic carbocycles. The van der Waals surface area contributed by atoms with Gasteiger partial charge < -0.3 is 20.1 Å². The summed E-state index contributed by atoms with van der Waals surface area (Å²) >= 11 is 0. The molecule has 4 nitrogen and oxygen atoms in total. The van der Waals surface area contributed by atoms with Crippen LogP contribution in [0, 0.1) is 0 Å². The zero-order valence-corrected chi connectivity index (χ0v) is 15.9. The lowest BCUT2D eigenvalue weighted by molar-refractivity contribution is -0.0425. The smallest absolute Gasteiger partial charge is 0.178 e. The lowest BCUT2D eigenvalue weighted by atomic mass is 9.91. The van der Waals surface area contributed by atoms with Crippen LogP contribution in [0.1, 0.15) is 68.9 Å². The monoisotopic (exact) mass is 358 g/mol. The Balaban J connectivity index is 1.89. The molecule has 0 spiro atoms.